The number of aryl methyl sites for hydroxylation is 1. The maximum absolute atomic E-state index is 14.0. The van der Waals surface area contributed by atoms with Crippen LogP contribution in [0.2, 0.25) is 0 Å². The van der Waals surface area contributed by atoms with Gasteiger partial charge in [-0.3, -0.25) is 4.79 Å². The third kappa shape index (κ3) is 5.40. The summed E-state index contributed by atoms with van der Waals surface area (Å²) < 4.78 is 59.6. The maximum Gasteiger partial charge on any atom is 0.246 e. The number of piperidine rings is 1. The Bertz CT molecular complexity index is 1040. The van der Waals surface area contributed by atoms with Crippen LogP contribution < -0.4 is 4.74 Å². The number of carbonyl (C=O) groups excluding carboxylic acids is 1. The molecular weight excluding hydrogens is 426 g/mol. The van der Waals surface area contributed by atoms with Gasteiger partial charge in [-0.25, -0.2) is 17.2 Å². The molecule has 168 valence electrons. The molecule has 6 nitrogen and oxygen atoms in total. The first-order valence-electron chi connectivity index (χ1n) is 10.1. The second-order valence-corrected chi connectivity index (χ2v) is 9.53. The van der Waals surface area contributed by atoms with Gasteiger partial charge in [0.25, 0.3) is 0 Å². The molecule has 1 aliphatic rings. The van der Waals surface area contributed by atoms with Crippen molar-refractivity contribution in [3.8, 4) is 5.75 Å². The number of para-hydroxylation sites is 1. The summed E-state index contributed by atoms with van der Waals surface area (Å²) in [6.45, 7) is 2.84. The van der Waals surface area contributed by atoms with Gasteiger partial charge in [0.2, 0.25) is 15.9 Å². The number of likely N-dealkylation sites (N-methyl/N-ethyl adjacent to an activating group) is 1. The van der Waals surface area contributed by atoms with Crippen LogP contribution in [0, 0.1) is 24.5 Å². The van der Waals surface area contributed by atoms with E-state index in [2.05, 4.69) is 0 Å². The zero-order valence-electron chi connectivity index (χ0n) is 17.6. The highest BCUT2D eigenvalue weighted by Crippen LogP contribution is 2.27. The van der Waals surface area contributed by atoms with E-state index in [1.165, 1.54) is 0 Å². The normalized spacial score (nSPS) is 15.6. The van der Waals surface area contributed by atoms with Crippen molar-refractivity contribution in [2.45, 2.75) is 24.7 Å². The average Bonchev–Trinajstić information content (AvgIpc) is 2.76. The van der Waals surface area contributed by atoms with E-state index in [9.17, 15) is 22.0 Å². The molecule has 3 rings (SSSR count). The zero-order valence-corrected chi connectivity index (χ0v) is 18.4. The minimum atomic E-state index is -4.16. The molecule has 0 aromatic heterocycles. The average molecular weight is 453 g/mol. The molecule has 0 aliphatic carbocycles. The van der Waals surface area contributed by atoms with Crippen LogP contribution in [-0.4, -0.2) is 56.8 Å². The number of ether oxygens (including phenoxy) is 1. The summed E-state index contributed by atoms with van der Waals surface area (Å²) in [7, 11) is -2.47. The van der Waals surface area contributed by atoms with E-state index in [0.29, 0.717) is 32.1 Å². The van der Waals surface area contributed by atoms with Gasteiger partial charge >= 0.3 is 0 Å². The quantitative estimate of drug-likeness (QED) is 0.647. The summed E-state index contributed by atoms with van der Waals surface area (Å²) >= 11 is 0. The third-order valence-corrected chi connectivity index (χ3v) is 7.38. The van der Waals surface area contributed by atoms with Gasteiger partial charge in [-0.1, -0.05) is 18.2 Å². The summed E-state index contributed by atoms with van der Waals surface area (Å²) in [6.07, 6.45) is 0.635. The Balaban J connectivity index is 1.53. The van der Waals surface area contributed by atoms with E-state index >= 15 is 0 Å². The van der Waals surface area contributed by atoms with Crippen LogP contribution in [0.25, 0.3) is 0 Å². The lowest BCUT2D eigenvalue weighted by atomic mass is 9.97. The lowest BCUT2D eigenvalue weighted by Gasteiger charge is -2.32. The standard InChI is InChI=1S/C22H26F2N2O4S/c1-16-5-3-4-6-20(16)30-14-13-25(2)22(27)17-9-11-26(12-10-17)31(28,29)21-15-18(23)7-8-19(21)24/h3-8,15,17H,9-14H2,1-2H3. The van der Waals surface area contributed by atoms with Crippen molar-refractivity contribution in [3.63, 3.8) is 0 Å². The van der Waals surface area contributed by atoms with Crippen molar-refractivity contribution in [2.24, 2.45) is 5.92 Å². The number of amides is 1. The van der Waals surface area contributed by atoms with Gasteiger partial charge < -0.3 is 9.64 Å². The molecule has 2 aromatic rings. The van der Waals surface area contributed by atoms with E-state index in [1.807, 2.05) is 31.2 Å². The molecule has 0 spiro atoms. The molecule has 0 bridgehead atoms. The summed E-state index contributed by atoms with van der Waals surface area (Å²) in [6, 6.07) is 9.98. The monoisotopic (exact) mass is 452 g/mol. The lowest BCUT2D eigenvalue weighted by Crippen LogP contribution is -2.44. The highest BCUT2D eigenvalue weighted by atomic mass is 32.2. The Kier molecular flexibility index (Phi) is 7.27. The van der Waals surface area contributed by atoms with E-state index in [-0.39, 0.29) is 24.9 Å². The predicted octanol–water partition coefficient (Wildman–Crippen LogP) is 3.21. The highest BCUT2D eigenvalue weighted by Gasteiger charge is 2.34. The van der Waals surface area contributed by atoms with Gasteiger partial charge in [-0.2, -0.15) is 4.31 Å². The van der Waals surface area contributed by atoms with Crippen molar-refractivity contribution in [1.82, 2.24) is 9.21 Å². The topological polar surface area (TPSA) is 66.9 Å². The number of halogens is 2. The maximum atomic E-state index is 14.0. The minimum Gasteiger partial charge on any atom is -0.491 e. The van der Waals surface area contributed by atoms with E-state index in [1.54, 1.807) is 11.9 Å². The van der Waals surface area contributed by atoms with Crippen LogP contribution in [0.15, 0.2) is 47.4 Å². The van der Waals surface area contributed by atoms with Crippen molar-refractivity contribution in [1.29, 1.82) is 0 Å². The molecule has 1 aliphatic heterocycles. The number of nitrogens with zero attached hydrogens (tertiary/aromatic N) is 2. The largest absolute Gasteiger partial charge is 0.491 e. The first-order chi connectivity index (χ1) is 14.7. The number of rotatable bonds is 7. The van der Waals surface area contributed by atoms with E-state index in [4.69, 9.17) is 4.74 Å². The summed E-state index contributed by atoms with van der Waals surface area (Å²) in [5, 5.41) is 0. The van der Waals surface area contributed by atoms with Gasteiger partial charge in [-0.15, -0.1) is 0 Å². The SMILES string of the molecule is Cc1ccccc1OCCN(C)C(=O)C1CCN(S(=O)(=O)c2cc(F)ccc2F)CC1. The number of carbonyl (C=O) groups is 1. The van der Waals surface area contributed by atoms with Gasteiger partial charge in [0.15, 0.2) is 0 Å². The summed E-state index contributed by atoms with van der Waals surface area (Å²) in [5.41, 5.74) is 1.01. The van der Waals surface area contributed by atoms with Gasteiger partial charge in [0.05, 0.1) is 6.54 Å². The van der Waals surface area contributed by atoms with Crippen molar-refractivity contribution >= 4 is 15.9 Å². The van der Waals surface area contributed by atoms with Gasteiger partial charge in [-0.05, 0) is 49.6 Å². The van der Waals surface area contributed by atoms with Crippen LogP contribution in [-0.2, 0) is 14.8 Å². The smallest absolute Gasteiger partial charge is 0.246 e. The molecule has 31 heavy (non-hydrogen) atoms. The van der Waals surface area contributed by atoms with Crippen molar-refractivity contribution < 1.29 is 26.7 Å². The molecule has 1 fully saturated rings. The van der Waals surface area contributed by atoms with Crippen LogP contribution in [0.1, 0.15) is 18.4 Å². The number of hydrogen-bond acceptors (Lipinski definition) is 4. The summed E-state index contributed by atoms with van der Waals surface area (Å²) in [4.78, 5) is 13.6. The Hall–Kier alpha value is -2.52. The van der Waals surface area contributed by atoms with Crippen LogP contribution >= 0.6 is 0 Å². The molecule has 1 saturated heterocycles. The fourth-order valence-electron chi connectivity index (χ4n) is 3.59. The fraction of sp³-hybridized carbons (Fsp3) is 0.409. The second-order valence-electron chi connectivity index (χ2n) is 7.63. The van der Waals surface area contributed by atoms with Crippen molar-refractivity contribution in [3.05, 3.63) is 59.7 Å². The number of hydrogen-bond donors (Lipinski definition) is 0. The van der Waals surface area contributed by atoms with E-state index in [0.717, 1.165) is 27.8 Å². The second kappa shape index (κ2) is 9.74. The molecule has 1 amide bonds. The number of benzene rings is 2. The Labute approximate surface area is 181 Å². The van der Waals surface area contributed by atoms with Crippen LogP contribution in [0.5, 0.6) is 5.75 Å². The Morgan fingerprint density at radius 3 is 2.52 bits per heavy atom. The first kappa shape index (κ1) is 23.1. The number of sulfonamides is 1. The molecule has 0 radical (unpaired) electrons. The highest BCUT2D eigenvalue weighted by molar-refractivity contribution is 7.89. The molecule has 0 atom stereocenters. The van der Waals surface area contributed by atoms with Gasteiger partial charge in [0.1, 0.15) is 28.9 Å². The molecule has 1 heterocycles. The summed E-state index contributed by atoms with van der Waals surface area (Å²) in [5.74, 6) is -1.45. The Morgan fingerprint density at radius 1 is 1.16 bits per heavy atom. The molecule has 9 heteroatoms. The molecule has 0 N–H and O–H groups in total. The predicted molar refractivity (Wildman–Crippen MR) is 112 cm³/mol. The molecule has 0 unspecified atom stereocenters. The Morgan fingerprint density at radius 2 is 1.84 bits per heavy atom. The van der Waals surface area contributed by atoms with Crippen molar-refractivity contribution in [2.75, 3.05) is 33.3 Å². The lowest BCUT2D eigenvalue weighted by molar-refractivity contribution is -0.135. The van der Waals surface area contributed by atoms with Crippen LogP contribution in [0.4, 0.5) is 8.78 Å². The van der Waals surface area contributed by atoms with E-state index < -0.39 is 26.6 Å². The minimum absolute atomic E-state index is 0.0717. The molecule has 0 saturated carbocycles. The first-order valence-corrected chi connectivity index (χ1v) is 11.5. The molecular formula is C22H26F2N2O4S. The fourth-order valence-corrected chi connectivity index (χ4v) is 5.14. The van der Waals surface area contributed by atoms with Gasteiger partial charge in [0, 0.05) is 26.1 Å². The molecule has 2 aromatic carbocycles. The van der Waals surface area contributed by atoms with Crippen LogP contribution in [0.3, 0.4) is 0 Å². The zero-order chi connectivity index (χ0) is 22.6. The third-order valence-electron chi connectivity index (χ3n) is 5.47.